The molecule has 0 bridgehead atoms. The van der Waals surface area contributed by atoms with Crippen LogP contribution in [0.1, 0.15) is 18.1 Å². The van der Waals surface area contributed by atoms with Crippen molar-refractivity contribution in [2.75, 3.05) is 18.5 Å². The molecule has 1 amide bonds. The quantitative estimate of drug-likeness (QED) is 0.835. The zero-order chi connectivity index (χ0) is 18.5. The lowest BCUT2D eigenvalue weighted by molar-refractivity contribution is -0.152. The number of aryl methyl sites for hydroxylation is 1. The minimum absolute atomic E-state index is 0.127. The highest BCUT2D eigenvalue weighted by molar-refractivity contribution is 5.95. The molecule has 0 spiro atoms. The third-order valence-corrected chi connectivity index (χ3v) is 3.96. The van der Waals surface area contributed by atoms with Gasteiger partial charge in [0.1, 0.15) is 13.2 Å². The van der Waals surface area contributed by atoms with Gasteiger partial charge in [0.05, 0.1) is 6.42 Å². The highest BCUT2D eigenvalue weighted by Gasteiger charge is 2.19. The van der Waals surface area contributed by atoms with Gasteiger partial charge < -0.3 is 19.5 Å². The second-order valence-electron chi connectivity index (χ2n) is 6.14. The number of carbonyl (C=O) groups is 2. The molecule has 1 heterocycles. The van der Waals surface area contributed by atoms with Crippen molar-refractivity contribution in [3.63, 3.8) is 0 Å². The van der Waals surface area contributed by atoms with Crippen LogP contribution in [0.3, 0.4) is 0 Å². The molecule has 1 aliphatic rings. The van der Waals surface area contributed by atoms with Gasteiger partial charge in [-0.2, -0.15) is 0 Å². The molecule has 0 saturated heterocycles. The summed E-state index contributed by atoms with van der Waals surface area (Å²) in [6.07, 6.45) is -0.775. The Labute approximate surface area is 152 Å². The van der Waals surface area contributed by atoms with Gasteiger partial charge in [0.25, 0.3) is 5.91 Å². The fourth-order valence-corrected chi connectivity index (χ4v) is 2.53. The zero-order valence-electron chi connectivity index (χ0n) is 14.8. The number of benzene rings is 2. The molecule has 0 aliphatic carbocycles. The number of fused-ring (bicyclic) bond motifs is 1. The summed E-state index contributed by atoms with van der Waals surface area (Å²) in [5, 5.41) is 2.72. The average molecular weight is 355 g/mol. The highest BCUT2D eigenvalue weighted by atomic mass is 16.6. The molecule has 0 fully saturated rings. The van der Waals surface area contributed by atoms with Crippen LogP contribution >= 0.6 is 0 Å². The monoisotopic (exact) mass is 355 g/mol. The molecule has 136 valence electrons. The van der Waals surface area contributed by atoms with Crippen LogP contribution < -0.4 is 14.8 Å². The Morgan fingerprint density at radius 1 is 1.08 bits per heavy atom. The molecule has 26 heavy (non-hydrogen) atoms. The van der Waals surface area contributed by atoms with Gasteiger partial charge in [0.15, 0.2) is 17.6 Å². The Bertz CT molecular complexity index is 800. The van der Waals surface area contributed by atoms with Crippen molar-refractivity contribution in [1.29, 1.82) is 0 Å². The third kappa shape index (κ3) is 4.53. The number of anilines is 1. The Morgan fingerprint density at radius 2 is 1.77 bits per heavy atom. The van der Waals surface area contributed by atoms with E-state index in [1.54, 1.807) is 25.1 Å². The Kier molecular flexibility index (Phi) is 5.41. The van der Waals surface area contributed by atoms with E-state index < -0.39 is 18.0 Å². The number of nitrogens with one attached hydrogen (secondary N) is 1. The molecule has 1 atom stereocenters. The smallest absolute Gasteiger partial charge is 0.311 e. The first kappa shape index (κ1) is 17.8. The van der Waals surface area contributed by atoms with Crippen molar-refractivity contribution < 1.29 is 23.8 Å². The van der Waals surface area contributed by atoms with Crippen molar-refractivity contribution in [3.05, 3.63) is 53.6 Å². The van der Waals surface area contributed by atoms with E-state index in [4.69, 9.17) is 14.2 Å². The zero-order valence-corrected chi connectivity index (χ0v) is 14.8. The second-order valence-corrected chi connectivity index (χ2v) is 6.14. The summed E-state index contributed by atoms with van der Waals surface area (Å²) in [7, 11) is 0. The topological polar surface area (TPSA) is 73.9 Å². The molecule has 0 radical (unpaired) electrons. The first-order valence-corrected chi connectivity index (χ1v) is 8.47. The molecule has 0 aromatic heterocycles. The highest BCUT2D eigenvalue weighted by Crippen LogP contribution is 2.32. The average Bonchev–Trinajstić information content (AvgIpc) is 2.63. The number of ether oxygens (including phenoxy) is 3. The standard InChI is InChI=1S/C20H21NO5/c1-13-3-5-15(6-4-13)11-19(22)26-14(2)20(23)21-16-7-8-17-18(12-16)25-10-9-24-17/h3-8,12,14H,9-11H2,1-2H3,(H,21,23)/t14-/m1/s1. The lowest BCUT2D eigenvalue weighted by Crippen LogP contribution is -2.30. The fraction of sp³-hybridized carbons (Fsp3) is 0.300. The maximum Gasteiger partial charge on any atom is 0.311 e. The summed E-state index contributed by atoms with van der Waals surface area (Å²) in [5.41, 5.74) is 2.52. The molecule has 2 aromatic carbocycles. The first-order chi connectivity index (χ1) is 12.5. The normalized spacial score (nSPS) is 13.6. The van der Waals surface area contributed by atoms with Crippen molar-refractivity contribution in [2.45, 2.75) is 26.4 Å². The van der Waals surface area contributed by atoms with Gasteiger partial charge in [-0.15, -0.1) is 0 Å². The summed E-state index contributed by atoms with van der Waals surface area (Å²) in [6, 6.07) is 12.7. The number of carbonyl (C=O) groups excluding carboxylic acids is 2. The van der Waals surface area contributed by atoms with E-state index >= 15 is 0 Å². The van der Waals surface area contributed by atoms with E-state index in [1.165, 1.54) is 0 Å². The molecule has 0 unspecified atom stereocenters. The number of hydrogen-bond acceptors (Lipinski definition) is 5. The lowest BCUT2D eigenvalue weighted by Gasteiger charge is -2.19. The first-order valence-electron chi connectivity index (χ1n) is 8.47. The van der Waals surface area contributed by atoms with Gasteiger partial charge in [0, 0.05) is 11.8 Å². The molecule has 6 heteroatoms. The van der Waals surface area contributed by atoms with E-state index in [1.807, 2.05) is 31.2 Å². The van der Waals surface area contributed by atoms with E-state index in [-0.39, 0.29) is 6.42 Å². The van der Waals surface area contributed by atoms with Crippen LogP contribution in [0.5, 0.6) is 11.5 Å². The largest absolute Gasteiger partial charge is 0.486 e. The summed E-state index contributed by atoms with van der Waals surface area (Å²) in [4.78, 5) is 24.3. The molecular weight excluding hydrogens is 334 g/mol. The maximum absolute atomic E-state index is 12.3. The van der Waals surface area contributed by atoms with Gasteiger partial charge in [-0.05, 0) is 31.5 Å². The molecule has 6 nitrogen and oxygen atoms in total. The Balaban J connectivity index is 1.54. The number of rotatable bonds is 5. The Morgan fingerprint density at radius 3 is 2.50 bits per heavy atom. The SMILES string of the molecule is Cc1ccc(CC(=O)O[C@H](C)C(=O)Nc2ccc3c(c2)OCCO3)cc1. The molecule has 0 saturated carbocycles. The Hall–Kier alpha value is -3.02. The molecule has 3 rings (SSSR count). The van der Waals surface area contributed by atoms with Gasteiger partial charge in [-0.25, -0.2) is 0 Å². The van der Waals surface area contributed by atoms with Crippen molar-refractivity contribution >= 4 is 17.6 Å². The molecule has 2 aromatic rings. The van der Waals surface area contributed by atoms with E-state index in [2.05, 4.69) is 5.32 Å². The lowest BCUT2D eigenvalue weighted by atomic mass is 10.1. The van der Waals surface area contributed by atoms with Crippen LogP contribution in [-0.2, 0) is 20.7 Å². The summed E-state index contributed by atoms with van der Waals surface area (Å²) >= 11 is 0. The van der Waals surface area contributed by atoms with Crippen molar-refractivity contribution in [2.24, 2.45) is 0 Å². The van der Waals surface area contributed by atoms with Crippen LogP contribution in [0.4, 0.5) is 5.69 Å². The van der Waals surface area contributed by atoms with E-state index in [0.29, 0.717) is 30.4 Å². The second kappa shape index (κ2) is 7.91. The van der Waals surface area contributed by atoms with Crippen LogP contribution in [0.25, 0.3) is 0 Å². The predicted molar refractivity (Wildman–Crippen MR) is 96.5 cm³/mol. The summed E-state index contributed by atoms with van der Waals surface area (Å²) in [5.74, 6) is 0.377. The van der Waals surface area contributed by atoms with Gasteiger partial charge in [-0.3, -0.25) is 9.59 Å². The van der Waals surface area contributed by atoms with Gasteiger partial charge >= 0.3 is 5.97 Å². The number of esters is 1. The molecule has 1 N–H and O–H groups in total. The van der Waals surface area contributed by atoms with Crippen LogP contribution in [0, 0.1) is 6.92 Å². The summed E-state index contributed by atoms with van der Waals surface area (Å²) in [6.45, 7) is 4.50. The number of hydrogen-bond donors (Lipinski definition) is 1. The maximum atomic E-state index is 12.3. The number of amides is 1. The third-order valence-electron chi connectivity index (χ3n) is 3.96. The van der Waals surface area contributed by atoms with E-state index in [9.17, 15) is 9.59 Å². The van der Waals surface area contributed by atoms with E-state index in [0.717, 1.165) is 11.1 Å². The fourth-order valence-electron chi connectivity index (χ4n) is 2.53. The predicted octanol–water partition coefficient (Wildman–Crippen LogP) is 2.88. The van der Waals surface area contributed by atoms with Crippen LogP contribution in [0.15, 0.2) is 42.5 Å². The van der Waals surface area contributed by atoms with Crippen molar-refractivity contribution in [1.82, 2.24) is 0 Å². The van der Waals surface area contributed by atoms with Crippen LogP contribution in [0.2, 0.25) is 0 Å². The molecule has 1 aliphatic heterocycles. The molecular formula is C20H21NO5. The minimum Gasteiger partial charge on any atom is -0.486 e. The summed E-state index contributed by atoms with van der Waals surface area (Å²) < 4.78 is 16.1. The van der Waals surface area contributed by atoms with Crippen molar-refractivity contribution in [3.8, 4) is 11.5 Å². The van der Waals surface area contributed by atoms with Crippen LogP contribution in [-0.4, -0.2) is 31.2 Å². The minimum atomic E-state index is -0.902. The van der Waals surface area contributed by atoms with Gasteiger partial charge in [-0.1, -0.05) is 29.8 Å². The van der Waals surface area contributed by atoms with Gasteiger partial charge in [0.2, 0.25) is 0 Å².